The molecule has 3 nitrogen and oxygen atoms in total. The fourth-order valence-corrected chi connectivity index (χ4v) is 2.74. The van der Waals surface area contributed by atoms with E-state index in [0.717, 1.165) is 39.0 Å². The minimum Gasteiger partial charge on any atom is -0.366 e. The standard InChI is InChI=1S/C13H21FN2O/c1-2-3-8-16-10-12(9-14)17-13(11-16)4-6-15-7-5-13/h12,15H,4-11H2,1H3. The molecule has 96 valence electrons. The van der Waals surface area contributed by atoms with E-state index in [1.807, 2.05) is 6.92 Å². The number of ether oxygens (including phenoxy) is 1. The lowest BCUT2D eigenvalue weighted by Gasteiger charge is -2.47. The second kappa shape index (κ2) is 5.81. The van der Waals surface area contributed by atoms with Gasteiger partial charge in [0.1, 0.15) is 6.67 Å². The van der Waals surface area contributed by atoms with E-state index in [2.05, 4.69) is 22.1 Å². The van der Waals surface area contributed by atoms with Crippen LogP contribution in [0.1, 0.15) is 19.8 Å². The SMILES string of the molecule is CC#CCN1CC(CF)OC2(CCNCC2)C1. The maximum absolute atomic E-state index is 12.9. The summed E-state index contributed by atoms with van der Waals surface area (Å²) in [5, 5.41) is 3.33. The Morgan fingerprint density at radius 1 is 1.47 bits per heavy atom. The molecule has 0 aromatic carbocycles. The van der Waals surface area contributed by atoms with Crippen LogP contribution in [-0.4, -0.2) is 56.0 Å². The van der Waals surface area contributed by atoms with Crippen molar-refractivity contribution in [2.24, 2.45) is 0 Å². The number of hydrogen-bond acceptors (Lipinski definition) is 3. The van der Waals surface area contributed by atoms with Gasteiger partial charge in [0.05, 0.1) is 18.2 Å². The molecule has 2 fully saturated rings. The van der Waals surface area contributed by atoms with E-state index in [9.17, 15) is 4.39 Å². The molecule has 0 radical (unpaired) electrons. The lowest BCUT2D eigenvalue weighted by Crippen LogP contribution is -2.59. The Labute approximate surface area is 103 Å². The van der Waals surface area contributed by atoms with Crippen LogP contribution in [0.3, 0.4) is 0 Å². The van der Waals surface area contributed by atoms with Crippen molar-refractivity contribution in [1.82, 2.24) is 10.2 Å². The molecular weight excluding hydrogens is 219 g/mol. The third-order valence-electron chi connectivity index (χ3n) is 3.56. The molecule has 1 N–H and O–H groups in total. The van der Waals surface area contributed by atoms with Crippen LogP contribution in [0, 0.1) is 11.8 Å². The lowest BCUT2D eigenvalue weighted by atomic mass is 9.89. The monoisotopic (exact) mass is 240 g/mol. The first-order valence-corrected chi connectivity index (χ1v) is 6.34. The van der Waals surface area contributed by atoms with Crippen molar-refractivity contribution in [2.45, 2.75) is 31.5 Å². The highest BCUT2D eigenvalue weighted by molar-refractivity contribution is 5.01. The molecule has 0 aromatic heterocycles. The van der Waals surface area contributed by atoms with Crippen molar-refractivity contribution in [3.05, 3.63) is 0 Å². The Kier molecular flexibility index (Phi) is 4.38. The Bertz CT molecular complexity index is 304. The highest BCUT2D eigenvalue weighted by Gasteiger charge is 2.41. The van der Waals surface area contributed by atoms with Gasteiger partial charge in [-0.15, -0.1) is 5.92 Å². The van der Waals surface area contributed by atoms with Gasteiger partial charge in [-0.1, -0.05) is 5.92 Å². The number of hydrogen-bond donors (Lipinski definition) is 1. The Morgan fingerprint density at radius 2 is 2.24 bits per heavy atom. The second-order valence-electron chi connectivity index (χ2n) is 4.92. The molecule has 1 spiro atoms. The largest absolute Gasteiger partial charge is 0.366 e. The van der Waals surface area contributed by atoms with Crippen molar-refractivity contribution < 1.29 is 9.13 Å². The van der Waals surface area contributed by atoms with E-state index in [0.29, 0.717) is 6.54 Å². The van der Waals surface area contributed by atoms with E-state index in [1.54, 1.807) is 0 Å². The first kappa shape index (κ1) is 12.8. The zero-order valence-corrected chi connectivity index (χ0v) is 10.5. The molecule has 0 saturated carbocycles. The van der Waals surface area contributed by atoms with E-state index in [1.165, 1.54) is 0 Å². The normalized spacial score (nSPS) is 28.7. The van der Waals surface area contributed by atoms with Crippen LogP contribution in [0.5, 0.6) is 0 Å². The summed E-state index contributed by atoms with van der Waals surface area (Å²) in [6.45, 7) is 5.66. The summed E-state index contributed by atoms with van der Waals surface area (Å²) in [5.41, 5.74) is -0.143. The summed E-state index contributed by atoms with van der Waals surface area (Å²) in [6, 6.07) is 0. The molecule has 2 aliphatic rings. The number of halogens is 1. The molecule has 1 atom stereocenters. The Morgan fingerprint density at radius 3 is 2.88 bits per heavy atom. The molecule has 4 heteroatoms. The molecule has 0 aliphatic carbocycles. The molecule has 2 rings (SSSR count). The summed E-state index contributed by atoms with van der Waals surface area (Å²) < 4.78 is 18.9. The van der Waals surface area contributed by atoms with Gasteiger partial charge in [0.2, 0.25) is 0 Å². The third kappa shape index (κ3) is 3.19. The maximum Gasteiger partial charge on any atom is 0.117 e. The summed E-state index contributed by atoms with van der Waals surface area (Å²) in [7, 11) is 0. The van der Waals surface area contributed by atoms with Gasteiger partial charge < -0.3 is 10.1 Å². The van der Waals surface area contributed by atoms with Gasteiger partial charge in [-0.25, -0.2) is 4.39 Å². The number of alkyl halides is 1. The second-order valence-corrected chi connectivity index (χ2v) is 4.92. The molecule has 2 aliphatic heterocycles. The third-order valence-corrected chi connectivity index (χ3v) is 3.56. The quantitative estimate of drug-likeness (QED) is 0.723. The highest BCUT2D eigenvalue weighted by Crippen LogP contribution is 2.30. The zero-order valence-electron chi connectivity index (χ0n) is 10.5. The average molecular weight is 240 g/mol. The summed E-state index contributed by atoms with van der Waals surface area (Å²) in [6.07, 6.45) is 1.67. The van der Waals surface area contributed by atoms with Gasteiger partial charge in [0.25, 0.3) is 0 Å². The summed E-state index contributed by atoms with van der Waals surface area (Å²) in [5.74, 6) is 5.97. The van der Waals surface area contributed by atoms with Crippen LogP contribution in [0.15, 0.2) is 0 Å². The van der Waals surface area contributed by atoms with Crippen LogP contribution in [0.4, 0.5) is 4.39 Å². The van der Waals surface area contributed by atoms with Crippen LogP contribution in [0.25, 0.3) is 0 Å². The van der Waals surface area contributed by atoms with E-state index in [-0.39, 0.29) is 11.7 Å². The average Bonchev–Trinajstić information content (AvgIpc) is 2.36. The number of piperidine rings is 1. The van der Waals surface area contributed by atoms with Crippen molar-refractivity contribution >= 4 is 0 Å². The lowest BCUT2D eigenvalue weighted by molar-refractivity contribution is -0.168. The molecule has 0 bridgehead atoms. The van der Waals surface area contributed by atoms with Gasteiger partial charge in [0, 0.05) is 13.1 Å². The number of morpholine rings is 1. The molecule has 2 saturated heterocycles. The van der Waals surface area contributed by atoms with Crippen LogP contribution in [0.2, 0.25) is 0 Å². The molecule has 17 heavy (non-hydrogen) atoms. The molecule has 0 aromatic rings. The van der Waals surface area contributed by atoms with Gasteiger partial charge >= 0.3 is 0 Å². The number of rotatable bonds is 2. The highest BCUT2D eigenvalue weighted by atomic mass is 19.1. The summed E-state index contributed by atoms with van der Waals surface area (Å²) in [4.78, 5) is 2.23. The van der Waals surface area contributed by atoms with Crippen molar-refractivity contribution in [3.8, 4) is 11.8 Å². The molecular formula is C13H21FN2O. The topological polar surface area (TPSA) is 24.5 Å². The van der Waals surface area contributed by atoms with Gasteiger partial charge in [0.15, 0.2) is 0 Å². The van der Waals surface area contributed by atoms with Gasteiger partial charge in [-0.3, -0.25) is 4.90 Å². The van der Waals surface area contributed by atoms with Crippen molar-refractivity contribution in [3.63, 3.8) is 0 Å². The Hall–Kier alpha value is -0.630. The van der Waals surface area contributed by atoms with Crippen molar-refractivity contribution in [1.29, 1.82) is 0 Å². The van der Waals surface area contributed by atoms with E-state index < -0.39 is 6.67 Å². The minimum absolute atomic E-state index is 0.143. The van der Waals surface area contributed by atoms with Crippen molar-refractivity contribution in [2.75, 3.05) is 39.4 Å². The zero-order chi connectivity index (χ0) is 12.1. The smallest absolute Gasteiger partial charge is 0.117 e. The number of nitrogens with one attached hydrogen (secondary N) is 1. The predicted molar refractivity (Wildman–Crippen MR) is 65.6 cm³/mol. The van der Waals surface area contributed by atoms with Crippen LogP contribution < -0.4 is 5.32 Å². The molecule has 2 heterocycles. The van der Waals surface area contributed by atoms with Gasteiger partial charge in [-0.2, -0.15) is 0 Å². The predicted octanol–water partition coefficient (Wildman–Crippen LogP) is 0.802. The minimum atomic E-state index is -0.398. The van der Waals surface area contributed by atoms with E-state index in [4.69, 9.17) is 4.74 Å². The maximum atomic E-state index is 12.9. The van der Waals surface area contributed by atoms with Crippen LogP contribution in [-0.2, 0) is 4.74 Å². The fourth-order valence-electron chi connectivity index (χ4n) is 2.74. The summed E-state index contributed by atoms with van der Waals surface area (Å²) >= 11 is 0. The van der Waals surface area contributed by atoms with E-state index >= 15 is 0 Å². The molecule has 1 unspecified atom stereocenters. The first-order chi connectivity index (χ1) is 8.28. The van der Waals surface area contributed by atoms with Crippen LogP contribution >= 0.6 is 0 Å². The van der Waals surface area contributed by atoms with Gasteiger partial charge in [-0.05, 0) is 32.9 Å². The first-order valence-electron chi connectivity index (χ1n) is 6.34. The Balaban J connectivity index is 2.02. The molecule has 0 amide bonds. The fraction of sp³-hybridized carbons (Fsp3) is 0.846. The number of nitrogens with zero attached hydrogens (tertiary/aromatic N) is 1.